The van der Waals surface area contributed by atoms with Crippen molar-refractivity contribution in [1.82, 2.24) is 21.3 Å². The van der Waals surface area contributed by atoms with Crippen LogP contribution in [-0.2, 0) is 55.9 Å². The number of carbonyl (C=O) groups excluding carboxylic acids is 2. The second-order valence-electron chi connectivity index (χ2n) is 20.2. The van der Waals surface area contributed by atoms with E-state index in [2.05, 4.69) is 57.7 Å². The maximum absolute atomic E-state index is 12.8. The highest BCUT2D eigenvalue weighted by Crippen LogP contribution is 2.44. The highest BCUT2D eigenvalue weighted by atomic mass is 16.5. The Labute approximate surface area is 436 Å². The largest absolute Gasteiger partial charge is 0.493 e. The van der Waals surface area contributed by atoms with Crippen molar-refractivity contribution in [2.45, 2.75) is 115 Å². The number of fused-ring (bicyclic) bond motifs is 2. The first-order valence-corrected chi connectivity index (χ1v) is 24.4. The predicted octanol–water partition coefficient (Wildman–Crippen LogP) is 7.15. The molecule has 6 rings (SSSR count). The quantitative estimate of drug-likeness (QED) is 0.0543. The molecule has 74 heavy (non-hydrogen) atoms. The third-order valence-electron chi connectivity index (χ3n) is 12.6. The van der Waals surface area contributed by atoms with Crippen molar-refractivity contribution in [2.75, 3.05) is 70.0 Å². The van der Waals surface area contributed by atoms with E-state index in [1.807, 2.05) is 65.8 Å². The number of hydrogen-bond donors (Lipinski definition) is 6. The lowest BCUT2D eigenvalue weighted by molar-refractivity contribution is -0.159. The summed E-state index contributed by atoms with van der Waals surface area (Å²) in [7, 11) is 13.1. The number of rotatable bonds is 18. The number of methoxy groups -OCH3 is 8. The third-order valence-corrected chi connectivity index (χ3v) is 12.6. The van der Waals surface area contributed by atoms with Gasteiger partial charge in [-0.25, -0.2) is 9.59 Å². The molecule has 0 spiro atoms. The first kappa shape index (κ1) is 59.6. The fourth-order valence-electron chi connectivity index (χ4n) is 9.44. The van der Waals surface area contributed by atoms with Crippen LogP contribution in [0.15, 0.2) is 60.7 Å². The van der Waals surface area contributed by atoms with Gasteiger partial charge in [-0.2, -0.15) is 0 Å². The van der Waals surface area contributed by atoms with Gasteiger partial charge in [-0.05, 0) is 162 Å². The maximum atomic E-state index is 12.8. The number of amides is 2. The molecule has 2 aliphatic rings. The molecule has 4 aromatic rings. The lowest BCUT2D eigenvalue weighted by atomic mass is 9.75. The van der Waals surface area contributed by atoms with Gasteiger partial charge < -0.3 is 69.4 Å². The zero-order chi connectivity index (χ0) is 55.0. The van der Waals surface area contributed by atoms with E-state index < -0.39 is 23.0 Å². The van der Waals surface area contributed by atoms with E-state index in [-0.39, 0.29) is 22.9 Å². The van der Waals surface area contributed by atoms with E-state index in [0.717, 1.165) is 48.2 Å². The molecule has 18 nitrogen and oxygen atoms in total. The van der Waals surface area contributed by atoms with Crippen molar-refractivity contribution in [3.63, 3.8) is 0 Å². The molecule has 0 aromatic heterocycles. The molecule has 2 aliphatic heterocycles. The molecule has 0 unspecified atom stereocenters. The summed E-state index contributed by atoms with van der Waals surface area (Å²) >= 11 is 0. The molecule has 0 saturated heterocycles. The van der Waals surface area contributed by atoms with Gasteiger partial charge in [0.2, 0.25) is 11.8 Å². The van der Waals surface area contributed by atoms with Crippen LogP contribution < -0.4 is 59.2 Å². The van der Waals surface area contributed by atoms with Crippen LogP contribution >= 0.6 is 0 Å². The van der Waals surface area contributed by atoms with E-state index in [4.69, 9.17) is 57.7 Å². The number of ether oxygens (including phenoxy) is 8. The molecule has 0 aliphatic carbocycles. The number of carboxylic acid groups (broad SMARTS) is 2. The van der Waals surface area contributed by atoms with Crippen molar-refractivity contribution in [3.05, 3.63) is 94.0 Å². The Bertz CT molecular complexity index is 2400. The number of carbonyl (C=O) groups is 4. The summed E-state index contributed by atoms with van der Waals surface area (Å²) in [6.07, 6.45) is 5.15. The van der Waals surface area contributed by atoms with Gasteiger partial charge >= 0.3 is 11.9 Å². The Morgan fingerprint density at radius 3 is 1.05 bits per heavy atom. The van der Waals surface area contributed by atoms with Crippen molar-refractivity contribution in [1.29, 1.82) is 0 Å². The Morgan fingerprint density at radius 1 is 0.473 bits per heavy atom. The van der Waals surface area contributed by atoms with Crippen molar-refractivity contribution in [3.8, 4) is 46.0 Å². The van der Waals surface area contributed by atoms with Gasteiger partial charge in [-0.15, -0.1) is 0 Å². The van der Waals surface area contributed by atoms with E-state index in [9.17, 15) is 9.59 Å². The van der Waals surface area contributed by atoms with Crippen LogP contribution in [0.4, 0.5) is 0 Å². The molecule has 2 amide bonds. The molecule has 0 fully saturated rings. The Balaban J connectivity index is 0.000000289. The molecular formula is C56H78N4O14. The SMILES string of the molecule is COc1ccc(C[C@@]2(CCC(=O)NC(C)(C)C)NCCc3cc(OC)c(OC)cc32)cc1OC.COc1ccc(C[C@@]2(CCC(=O)NC(C)(C)C)NCCc3cc(OC)c(OC)cc32)cc1OC.O=C(O)C(=O)O. The van der Waals surface area contributed by atoms with Crippen LogP contribution in [0.5, 0.6) is 46.0 Å². The summed E-state index contributed by atoms with van der Waals surface area (Å²) in [5, 5.41) is 28.5. The third kappa shape index (κ3) is 16.0. The highest BCUT2D eigenvalue weighted by molar-refractivity contribution is 6.27. The first-order valence-electron chi connectivity index (χ1n) is 24.4. The van der Waals surface area contributed by atoms with Gasteiger partial charge in [0.1, 0.15) is 0 Å². The Morgan fingerprint density at radius 2 is 0.770 bits per heavy atom. The number of nitrogens with one attached hydrogen (secondary N) is 4. The topological polar surface area (TPSA) is 231 Å². The lowest BCUT2D eigenvalue weighted by Gasteiger charge is -2.41. The summed E-state index contributed by atoms with van der Waals surface area (Å²) in [6, 6.07) is 20.2. The van der Waals surface area contributed by atoms with Crippen LogP contribution in [-0.4, -0.2) is 115 Å². The zero-order valence-corrected chi connectivity index (χ0v) is 45.6. The summed E-state index contributed by atoms with van der Waals surface area (Å²) < 4.78 is 44.3. The van der Waals surface area contributed by atoms with Gasteiger partial charge in [0.25, 0.3) is 0 Å². The molecule has 2 heterocycles. The van der Waals surface area contributed by atoms with E-state index in [0.29, 0.717) is 84.5 Å². The minimum atomic E-state index is -1.82. The number of aliphatic carboxylic acids is 2. The number of hydrogen-bond acceptors (Lipinski definition) is 14. The minimum Gasteiger partial charge on any atom is -0.493 e. The normalized spacial score (nSPS) is 16.7. The molecule has 0 saturated carbocycles. The molecule has 406 valence electrons. The standard InChI is InChI=1S/2C27H38N2O5.C2H2O4/c2*1-26(2,3)29-25(30)10-12-27(17-18-8-9-21(31-4)22(14-18)32-5)20-16-24(34-7)23(33-6)15-19(20)11-13-28-27;3-1(4)2(5)6/h2*8-9,14-16,28H,10-13,17H2,1-7H3,(H,29,30);(H,3,4)(H,5,6)/t2*27-;/m11./s1. The molecular weight excluding hydrogens is 953 g/mol. The summed E-state index contributed by atoms with van der Waals surface area (Å²) in [5.74, 6) is 1.96. The van der Waals surface area contributed by atoms with E-state index in [1.165, 1.54) is 11.1 Å². The highest BCUT2D eigenvalue weighted by Gasteiger charge is 2.40. The molecule has 6 N–H and O–H groups in total. The van der Waals surface area contributed by atoms with Crippen LogP contribution in [0.1, 0.15) is 101 Å². The molecule has 0 radical (unpaired) electrons. The number of benzene rings is 4. The van der Waals surface area contributed by atoms with Gasteiger partial charge in [-0.3, -0.25) is 9.59 Å². The Kier molecular flexibility index (Phi) is 21.2. The summed E-state index contributed by atoms with van der Waals surface area (Å²) in [5.41, 5.74) is 5.38. The second-order valence-corrected chi connectivity index (χ2v) is 20.2. The van der Waals surface area contributed by atoms with Gasteiger partial charge in [0.15, 0.2) is 46.0 Å². The average Bonchev–Trinajstić information content (AvgIpc) is 3.36. The molecule has 2 atom stereocenters. The van der Waals surface area contributed by atoms with Gasteiger partial charge in [0, 0.05) is 48.1 Å². The molecule has 18 heteroatoms. The monoisotopic (exact) mass is 1030 g/mol. The maximum Gasteiger partial charge on any atom is 0.414 e. The van der Waals surface area contributed by atoms with Crippen LogP contribution in [0, 0.1) is 0 Å². The average molecular weight is 1030 g/mol. The van der Waals surface area contributed by atoms with Gasteiger partial charge in [0.05, 0.1) is 56.9 Å². The second kappa shape index (κ2) is 26.3. The van der Waals surface area contributed by atoms with Crippen LogP contribution in [0.2, 0.25) is 0 Å². The smallest absolute Gasteiger partial charge is 0.414 e. The minimum absolute atomic E-state index is 0.0357. The predicted molar refractivity (Wildman–Crippen MR) is 282 cm³/mol. The van der Waals surface area contributed by atoms with Crippen molar-refractivity contribution in [2.24, 2.45) is 0 Å². The van der Waals surface area contributed by atoms with Crippen molar-refractivity contribution >= 4 is 23.8 Å². The Hall–Kier alpha value is -6.92. The van der Waals surface area contributed by atoms with Crippen molar-refractivity contribution < 1.29 is 67.3 Å². The lowest BCUT2D eigenvalue weighted by Crippen LogP contribution is -2.50. The van der Waals surface area contributed by atoms with Crippen LogP contribution in [0.3, 0.4) is 0 Å². The fraction of sp³-hybridized carbons (Fsp3) is 0.500. The molecule has 0 bridgehead atoms. The first-order chi connectivity index (χ1) is 34.9. The van der Waals surface area contributed by atoms with Crippen LogP contribution in [0.25, 0.3) is 0 Å². The summed E-state index contributed by atoms with van der Waals surface area (Å²) in [4.78, 5) is 43.8. The van der Waals surface area contributed by atoms with Gasteiger partial charge in [-0.1, -0.05) is 12.1 Å². The van der Waals surface area contributed by atoms with E-state index >= 15 is 0 Å². The molecule has 4 aromatic carbocycles. The van der Waals surface area contributed by atoms with E-state index in [1.54, 1.807) is 56.9 Å². The number of carboxylic acids is 2. The summed E-state index contributed by atoms with van der Waals surface area (Å²) in [6.45, 7) is 13.6. The fourth-order valence-corrected chi connectivity index (χ4v) is 9.44. The zero-order valence-electron chi connectivity index (χ0n) is 45.6.